The van der Waals surface area contributed by atoms with Gasteiger partial charge >= 0.3 is 0 Å². The molecule has 0 saturated carbocycles. The Balaban J connectivity index is 3.00. The summed E-state index contributed by atoms with van der Waals surface area (Å²) in [5.74, 6) is 0.00598. The number of hydrogen-bond acceptors (Lipinski definition) is 2. The molecule has 0 aliphatic carbocycles. The molecule has 0 spiro atoms. The number of hydrogen-bond donors (Lipinski definition) is 1. The lowest BCUT2D eigenvalue weighted by Gasteiger charge is -2.43. The van der Waals surface area contributed by atoms with Crippen molar-refractivity contribution < 1.29 is 9.59 Å². The third-order valence-electron chi connectivity index (χ3n) is 3.62. The van der Waals surface area contributed by atoms with Crippen molar-refractivity contribution in [1.82, 2.24) is 10.2 Å². The molecule has 0 bridgehead atoms. The highest BCUT2D eigenvalue weighted by molar-refractivity contribution is 5.99. The number of carbonyl (C=O) groups excluding carboxylic acids is 2. The van der Waals surface area contributed by atoms with Crippen molar-refractivity contribution in [2.24, 2.45) is 0 Å². The summed E-state index contributed by atoms with van der Waals surface area (Å²) in [6.45, 7) is 8.19. The van der Waals surface area contributed by atoms with Crippen molar-refractivity contribution in [3.05, 3.63) is 12.2 Å². The van der Waals surface area contributed by atoms with Crippen LogP contribution < -0.4 is 5.32 Å². The molecule has 1 heterocycles. The Morgan fingerprint density at radius 3 is 2.56 bits per heavy atom. The molecular formula is C14H24N2O2. The summed E-state index contributed by atoms with van der Waals surface area (Å²) >= 11 is 0. The summed E-state index contributed by atoms with van der Waals surface area (Å²) in [7, 11) is 0. The lowest BCUT2D eigenvalue weighted by atomic mass is 9.90. The number of carbonyl (C=O) groups is 2. The summed E-state index contributed by atoms with van der Waals surface area (Å²) in [5, 5.41) is 2.88. The van der Waals surface area contributed by atoms with Crippen molar-refractivity contribution in [3.8, 4) is 0 Å². The van der Waals surface area contributed by atoms with Crippen LogP contribution in [-0.4, -0.2) is 34.8 Å². The highest BCUT2D eigenvalue weighted by Gasteiger charge is 2.45. The lowest BCUT2D eigenvalue weighted by Crippen LogP contribution is -2.68. The smallest absolute Gasteiger partial charge is 0.248 e. The Kier molecular flexibility index (Phi) is 4.93. The molecule has 0 aromatic carbocycles. The number of nitrogens with one attached hydrogen (secondary N) is 1. The van der Waals surface area contributed by atoms with Gasteiger partial charge in [0.2, 0.25) is 11.8 Å². The minimum absolute atomic E-state index is 0.0229. The summed E-state index contributed by atoms with van der Waals surface area (Å²) in [6, 6.07) is -0.321. The molecule has 2 atom stereocenters. The standard InChI is InChI=1S/C14H24N2O2/c1-5-8-10-16-11(9-6-2)12(17)15-14(4,7-3)13(16)18/h5,8,11H,6-7,9-10H2,1-4H3,(H,15,17)/b8-5+. The molecule has 102 valence electrons. The second kappa shape index (κ2) is 6.03. The van der Waals surface area contributed by atoms with Gasteiger partial charge in [0.15, 0.2) is 0 Å². The second-order valence-electron chi connectivity index (χ2n) is 5.01. The zero-order valence-corrected chi connectivity index (χ0v) is 11.8. The van der Waals surface area contributed by atoms with Crippen LogP contribution in [-0.2, 0) is 9.59 Å². The van der Waals surface area contributed by atoms with Crippen LogP contribution in [0, 0.1) is 0 Å². The number of piperazine rings is 1. The predicted molar refractivity (Wildman–Crippen MR) is 72.1 cm³/mol. The third-order valence-corrected chi connectivity index (χ3v) is 3.62. The molecule has 1 N–H and O–H groups in total. The monoisotopic (exact) mass is 252 g/mol. The van der Waals surface area contributed by atoms with Crippen LogP contribution >= 0.6 is 0 Å². The molecule has 4 heteroatoms. The summed E-state index contributed by atoms with van der Waals surface area (Å²) in [4.78, 5) is 26.4. The van der Waals surface area contributed by atoms with Crippen LogP contribution in [0.1, 0.15) is 47.0 Å². The maximum atomic E-state index is 12.5. The number of allylic oxidation sites excluding steroid dienone is 1. The Morgan fingerprint density at radius 1 is 1.39 bits per heavy atom. The fraction of sp³-hybridized carbons (Fsp3) is 0.714. The van der Waals surface area contributed by atoms with Gasteiger partial charge in [0.25, 0.3) is 0 Å². The maximum absolute atomic E-state index is 12.5. The average Bonchev–Trinajstić information content (AvgIpc) is 2.35. The van der Waals surface area contributed by atoms with Crippen LogP contribution in [0.2, 0.25) is 0 Å². The molecule has 1 fully saturated rings. The first-order chi connectivity index (χ1) is 8.50. The van der Waals surface area contributed by atoms with Crippen LogP contribution in [0.3, 0.4) is 0 Å². The van der Waals surface area contributed by atoms with E-state index in [-0.39, 0.29) is 17.9 Å². The van der Waals surface area contributed by atoms with E-state index < -0.39 is 5.54 Å². The first-order valence-corrected chi connectivity index (χ1v) is 6.74. The van der Waals surface area contributed by atoms with E-state index in [2.05, 4.69) is 5.32 Å². The Hall–Kier alpha value is -1.32. The van der Waals surface area contributed by atoms with Gasteiger partial charge in [-0.3, -0.25) is 9.59 Å². The van der Waals surface area contributed by atoms with E-state index in [1.54, 1.807) is 11.8 Å². The van der Waals surface area contributed by atoms with Crippen molar-refractivity contribution >= 4 is 11.8 Å². The lowest BCUT2D eigenvalue weighted by molar-refractivity contribution is -0.154. The van der Waals surface area contributed by atoms with Crippen molar-refractivity contribution in [3.63, 3.8) is 0 Å². The fourth-order valence-electron chi connectivity index (χ4n) is 2.24. The molecule has 2 unspecified atom stereocenters. The first kappa shape index (κ1) is 14.7. The number of rotatable bonds is 5. The molecule has 0 aromatic heterocycles. The van der Waals surface area contributed by atoms with Gasteiger partial charge in [-0.15, -0.1) is 0 Å². The molecule has 1 aliphatic heterocycles. The quantitative estimate of drug-likeness (QED) is 0.759. The number of amides is 2. The van der Waals surface area contributed by atoms with E-state index in [1.165, 1.54) is 0 Å². The molecule has 2 amide bonds. The number of nitrogens with zero attached hydrogens (tertiary/aromatic N) is 1. The molecule has 4 nitrogen and oxygen atoms in total. The molecule has 18 heavy (non-hydrogen) atoms. The van der Waals surface area contributed by atoms with Crippen molar-refractivity contribution in [2.75, 3.05) is 6.54 Å². The van der Waals surface area contributed by atoms with Crippen LogP contribution in [0.15, 0.2) is 12.2 Å². The van der Waals surface area contributed by atoms with Crippen LogP contribution in [0.5, 0.6) is 0 Å². The van der Waals surface area contributed by atoms with Gasteiger partial charge in [0.1, 0.15) is 11.6 Å². The Bertz CT molecular complexity index is 352. The van der Waals surface area contributed by atoms with E-state index in [0.717, 1.165) is 12.8 Å². The minimum atomic E-state index is -0.747. The highest BCUT2D eigenvalue weighted by Crippen LogP contribution is 2.23. The molecule has 0 radical (unpaired) electrons. The van der Waals surface area contributed by atoms with Gasteiger partial charge in [0.05, 0.1) is 0 Å². The van der Waals surface area contributed by atoms with Gasteiger partial charge in [-0.2, -0.15) is 0 Å². The average molecular weight is 252 g/mol. The second-order valence-corrected chi connectivity index (χ2v) is 5.01. The van der Waals surface area contributed by atoms with Gasteiger partial charge in [-0.25, -0.2) is 0 Å². The highest BCUT2D eigenvalue weighted by atomic mass is 16.2. The molecular weight excluding hydrogens is 228 g/mol. The Morgan fingerprint density at radius 2 is 2.06 bits per heavy atom. The first-order valence-electron chi connectivity index (χ1n) is 6.74. The Labute approximate surface area is 109 Å². The van der Waals surface area contributed by atoms with E-state index in [0.29, 0.717) is 13.0 Å². The summed E-state index contributed by atoms with van der Waals surface area (Å²) in [5.41, 5.74) is -0.747. The van der Waals surface area contributed by atoms with E-state index in [9.17, 15) is 9.59 Å². The third kappa shape index (κ3) is 2.74. The van der Waals surface area contributed by atoms with E-state index in [1.807, 2.05) is 32.9 Å². The van der Waals surface area contributed by atoms with Crippen LogP contribution in [0.25, 0.3) is 0 Å². The largest absolute Gasteiger partial charge is 0.340 e. The topological polar surface area (TPSA) is 49.4 Å². The summed E-state index contributed by atoms with van der Waals surface area (Å²) in [6.07, 6.45) is 6.06. The minimum Gasteiger partial charge on any atom is -0.340 e. The van der Waals surface area contributed by atoms with E-state index >= 15 is 0 Å². The fourth-order valence-corrected chi connectivity index (χ4v) is 2.24. The molecule has 0 aromatic rings. The summed E-state index contributed by atoms with van der Waals surface area (Å²) < 4.78 is 0. The molecule has 1 rings (SSSR count). The normalized spacial score (nSPS) is 28.9. The van der Waals surface area contributed by atoms with Gasteiger partial charge in [-0.1, -0.05) is 32.4 Å². The molecule has 1 saturated heterocycles. The van der Waals surface area contributed by atoms with Gasteiger partial charge in [-0.05, 0) is 26.7 Å². The maximum Gasteiger partial charge on any atom is 0.248 e. The zero-order valence-electron chi connectivity index (χ0n) is 11.8. The van der Waals surface area contributed by atoms with Crippen LogP contribution in [0.4, 0.5) is 0 Å². The molecule has 1 aliphatic rings. The van der Waals surface area contributed by atoms with Crippen molar-refractivity contribution in [2.45, 2.75) is 58.5 Å². The predicted octanol–water partition coefficient (Wildman–Crippen LogP) is 1.86. The van der Waals surface area contributed by atoms with Gasteiger partial charge in [0, 0.05) is 6.54 Å². The van der Waals surface area contributed by atoms with Gasteiger partial charge < -0.3 is 10.2 Å². The van der Waals surface area contributed by atoms with E-state index in [4.69, 9.17) is 0 Å². The van der Waals surface area contributed by atoms with Crippen molar-refractivity contribution in [1.29, 1.82) is 0 Å². The SMILES string of the molecule is C/C=C/CN1C(=O)C(C)(CC)NC(=O)C1CCC. The zero-order chi connectivity index (χ0) is 13.8.